The normalized spacial score (nSPS) is 16.9. The highest BCUT2D eigenvalue weighted by Gasteiger charge is 2.20. The summed E-state index contributed by atoms with van der Waals surface area (Å²) in [6, 6.07) is 53.5. The smallest absolute Gasteiger partial charge is 0.0219 e. The zero-order chi connectivity index (χ0) is 47.2. The Kier molecular flexibility index (Phi) is 34.8. The predicted octanol–water partition coefficient (Wildman–Crippen LogP) is 20.6. The third kappa shape index (κ3) is 32.7. The summed E-state index contributed by atoms with van der Waals surface area (Å²) in [5, 5.41) is 0. The highest BCUT2D eigenvalue weighted by Crippen LogP contribution is 2.32. The van der Waals surface area contributed by atoms with Crippen molar-refractivity contribution in [2.24, 2.45) is 35.5 Å². The molecule has 64 heavy (non-hydrogen) atoms. The van der Waals surface area contributed by atoms with Crippen molar-refractivity contribution >= 4 is 0 Å². The van der Waals surface area contributed by atoms with E-state index in [0.717, 1.165) is 35.5 Å². The van der Waals surface area contributed by atoms with Gasteiger partial charge in [-0.1, -0.05) is 315 Å². The van der Waals surface area contributed by atoms with Gasteiger partial charge in [-0.25, -0.2) is 0 Å². The summed E-state index contributed by atoms with van der Waals surface area (Å²) >= 11 is 0. The second-order valence-electron chi connectivity index (χ2n) is 20.2. The quantitative estimate of drug-likeness (QED) is 0.169. The SMILES string of the molecule is CC(C)C1CCCCC1.CC(C)c1ccccc1.CC1CCC(C(C)C)CC1.CC1CCCCC1.Cc1ccc(C(C)C)cc1.Cc1ccccc1.c1ccccc1.c1ccccc1. The van der Waals surface area contributed by atoms with Crippen molar-refractivity contribution in [3.63, 3.8) is 0 Å². The molecule has 8 rings (SSSR count). The number of hydrogen-bond acceptors (Lipinski definition) is 0. The van der Waals surface area contributed by atoms with Gasteiger partial charge in [0.25, 0.3) is 0 Å². The minimum absolute atomic E-state index is 0.653. The largest absolute Gasteiger partial charge is 0.0625 e. The Balaban J connectivity index is 0.000000368. The maximum Gasteiger partial charge on any atom is -0.0219 e. The second kappa shape index (κ2) is 38.4. The van der Waals surface area contributed by atoms with Gasteiger partial charge in [0.05, 0.1) is 0 Å². The van der Waals surface area contributed by atoms with E-state index >= 15 is 0 Å². The molecule has 0 N–H and O–H groups in total. The highest BCUT2D eigenvalue weighted by molar-refractivity contribution is 5.23. The van der Waals surface area contributed by atoms with Gasteiger partial charge < -0.3 is 0 Å². The Hall–Kier alpha value is -3.90. The summed E-state index contributed by atoms with van der Waals surface area (Å²) in [6.07, 6.45) is 20.8. The van der Waals surface area contributed by atoms with Crippen LogP contribution in [0.4, 0.5) is 0 Å². The molecule has 0 atom stereocenters. The Morgan fingerprint density at radius 1 is 0.297 bits per heavy atom. The first-order valence-corrected chi connectivity index (χ1v) is 25.9. The molecule has 0 amide bonds. The summed E-state index contributed by atoms with van der Waals surface area (Å²) in [6.45, 7) is 27.2. The third-order valence-corrected chi connectivity index (χ3v) is 13.0. The fourth-order valence-electron chi connectivity index (χ4n) is 8.15. The molecule has 0 heteroatoms. The van der Waals surface area contributed by atoms with Crippen molar-refractivity contribution in [1.82, 2.24) is 0 Å². The van der Waals surface area contributed by atoms with Gasteiger partial charge in [0, 0.05) is 0 Å². The lowest BCUT2D eigenvalue weighted by Gasteiger charge is -2.28. The minimum atomic E-state index is 0.653. The van der Waals surface area contributed by atoms with Crippen LogP contribution in [-0.2, 0) is 0 Å². The maximum atomic E-state index is 2.39. The zero-order valence-electron chi connectivity index (χ0n) is 43.5. The molecule has 3 aliphatic carbocycles. The van der Waals surface area contributed by atoms with Crippen molar-refractivity contribution in [3.8, 4) is 0 Å². The van der Waals surface area contributed by atoms with Crippen LogP contribution in [0.1, 0.15) is 193 Å². The van der Waals surface area contributed by atoms with Crippen LogP contribution < -0.4 is 0 Å². The summed E-state index contributed by atoms with van der Waals surface area (Å²) in [5.41, 5.74) is 5.50. The van der Waals surface area contributed by atoms with Gasteiger partial charge in [0.2, 0.25) is 0 Å². The van der Waals surface area contributed by atoms with Gasteiger partial charge >= 0.3 is 0 Å². The van der Waals surface area contributed by atoms with Crippen LogP contribution in [0.5, 0.6) is 0 Å². The summed E-state index contributed by atoms with van der Waals surface area (Å²) < 4.78 is 0. The van der Waals surface area contributed by atoms with E-state index in [1.165, 1.54) is 112 Å². The van der Waals surface area contributed by atoms with Crippen LogP contribution in [0.3, 0.4) is 0 Å². The van der Waals surface area contributed by atoms with Gasteiger partial charge in [0.15, 0.2) is 0 Å². The summed E-state index contributed by atoms with van der Waals surface area (Å²) in [7, 11) is 0. The molecule has 5 aromatic rings. The molecule has 354 valence electrons. The molecule has 0 nitrogen and oxygen atoms in total. The second-order valence-corrected chi connectivity index (χ2v) is 20.2. The molecule has 0 aliphatic heterocycles. The molecule has 3 saturated carbocycles. The van der Waals surface area contributed by atoms with E-state index < -0.39 is 0 Å². The van der Waals surface area contributed by atoms with Gasteiger partial charge in [-0.2, -0.15) is 0 Å². The number of aryl methyl sites for hydroxylation is 2. The fraction of sp³-hybridized carbons (Fsp3) is 0.531. The molecule has 0 bridgehead atoms. The average Bonchev–Trinajstić information content (AvgIpc) is 3.33. The molecular weight excluding hydrogens is 769 g/mol. The van der Waals surface area contributed by atoms with Crippen LogP contribution in [0.2, 0.25) is 0 Å². The van der Waals surface area contributed by atoms with E-state index in [4.69, 9.17) is 0 Å². The Bertz CT molecular complexity index is 1550. The van der Waals surface area contributed by atoms with Crippen LogP contribution in [-0.4, -0.2) is 0 Å². The third-order valence-electron chi connectivity index (χ3n) is 13.0. The predicted molar refractivity (Wildman–Crippen MR) is 289 cm³/mol. The lowest BCUT2D eigenvalue weighted by molar-refractivity contribution is 0.234. The van der Waals surface area contributed by atoms with Gasteiger partial charge in [-0.3, -0.25) is 0 Å². The van der Waals surface area contributed by atoms with Crippen molar-refractivity contribution in [2.75, 3.05) is 0 Å². The molecule has 0 unspecified atom stereocenters. The monoisotopic (exact) mass is 867 g/mol. The Morgan fingerprint density at radius 3 is 0.844 bits per heavy atom. The van der Waals surface area contributed by atoms with Gasteiger partial charge in [-0.05, 0) is 85.2 Å². The van der Waals surface area contributed by atoms with Crippen molar-refractivity contribution in [2.45, 2.75) is 185 Å². The Morgan fingerprint density at radius 2 is 0.578 bits per heavy atom. The van der Waals surface area contributed by atoms with Crippen LogP contribution >= 0.6 is 0 Å². The number of rotatable bonds is 4. The highest BCUT2D eigenvalue weighted by atomic mass is 14.3. The van der Waals surface area contributed by atoms with Gasteiger partial charge in [-0.15, -0.1) is 0 Å². The first-order valence-electron chi connectivity index (χ1n) is 25.9. The van der Waals surface area contributed by atoms with Crippen molar-refractivity contribution in [1.29, 1.82) is 0 Å². The minimum Gasteiger partial charge on any atom is -0.0625 e. The van der Waals surface area contributed by atoms with E-state index in [2.05, 4.69) is 144 Å². The lowest BCUT2D eigenvalue weighted by atomic mass is 9.78. The fourth-order valence-corrected chi connectivity index (χ4v) is 8.15. The van der Waals surface area contributed by atoms with Crippen LogP contribution in [0.25, 0.3) is 0 Å². The van der Waals surface area contributed by atoms with Crippen molar-refractivity contribution < 1.29 is 0 Å². The molecule has 0 heterocycles. The van der Waals surface area contributed by atoms with E-state index in [0.29, 0.717) is 11.8 Å². The molecular formula is C64H98. The van der Waals surface area contributed by atoms with E-state index in [1.807, 2.05) is 97.1 Å². The van der Waals surface area contributed by atoms with E-state index in [-0.39, 0.29) is 0 Å². The van der Waals surface area contributed by atoms with Crippen LogP contribution in [0.15, 0.2) is 158 Å². The number of benzene rings is 5. The molecule has 0 aromatic heterocycles. The average molecular weight is 867 g/mol. The molecule has 3 fully saturated rings. The summed E-state index contributed by atoms with van der Waals surface area (Å²) in [4.78, 5) is 0. The topological polar surface area (TPSA) is 0 Å². The zero-order valence-corrected chi connectivity index (χ0v) is 43.5. The van der Waals surface area contributed by atoms with Gasteiger partial charge in [0.1, 0.15) is 0 Å². The van der Waals surface area contributed by atoms with Crippen molar-refractivity contribution in [3.05, 3.63) is 180 Å². The number of hydrogen-bond donors (Lipinski definition) is 0. The molecule has 0 spiro atoms. The molecule has 0 radical (unpaired) electrons. The van der Waals surface area contributed by atoms with Crippen LogP contribution in [0, 0.1) is 49.4 Å². The Labute approximate surface area is 398 Å². The maximum absolute atomic E-state index is 2.39. The molecule has 3 aliphatic rings. The van der Waals surface area contributed by atoms with E-state index in [9.17, 15) is 0 Å². The molecule has 0 saturated heterocycles. The summed E-state index contributed by atoms with van der Waals surface area (Å²) in [5.74, 6) is 7.31. The standard InChI is InChI=1S/C10H20.C10H14.C9H18.C9H12.C7H14.C7H8.2C6H6/c2*1-8(2)10-6-4-9(3)5-7-10;2*1-8(2)9-6-4-3-5-7-9;2*1-7-5-3-2-4-6-7;2*1-2-4-6-5-3-1/h8-10H,4-7H2,1-3H3;4-8H,1-3H3;8-9H,3-7H2,1-2H3;3-8H,1-2H3;7H,2-6H2,1H3;2-6H,1H3;2*1-6H. The first-order chi connectivity index (χ1) is 30.8. The van der Waals surface area contributed by atoms with E-state index in [1.54, 1.807) is 0 Å². The first kappa shape index (κ1) is 58.1. The molecule has 5 aromatic carbocycles. The lowest BCUT2D eigenvalue weighted by Crippen LogP contribution is -2.16.